The topological polar surface area (TPSA) is 12.0 Å². The van der Waals surface area contributed by atoms with Crippen LogP contribution in [-0.2, 0) is 0 Å². The Morgan fingerprint density at radius 3 is 2.65 bits per heavy atom. The summed E-state index contributed by atoms with van der Waals surface area (Å²) >= 11 is 0. The van der Waals surface area contributed by atoms with Crippen LogP contribution in [-0.4, -0.2) is 6.04 Å². The summed E-state index contributed by atoms with van der Waals surface area (Å²) in [5, 5.41) is 3.76. The molecule has 0 heterocycles. The van der Waals surface area contributed by atoms with Crippen LogP contribution >= 0.6 is 0 Å². The van der Waals surface area contributed by atoms with Crippen LogP contribution < -0.4 is 5.32 Å². The molecule has 1 unspecified atom stereocenters. The highest BCUT2D eigenvalue weighted by molar-refractivity contribution is 5.52. The summed E-state index contributed by atoms with van der Waals surface area (Å²) in [5.74, 6) is 0. The van der Waals surface area contributed by atoms with Crippen LogP contribution in [0.2, 0.25) is 0 Å². The summed E-state index contributed by atoms with van der Waals surface area (Å²) in [5.41, 5.74) is 2.62. The van der Waals surface area contributed by atoms with Crippen LogP contribution in [0.3, 0.4) is 0 Å². The van der Waals surface area contributed by atoms with E-state index in [2.05, 4.69) is 43.1 Å². The van der Waals surface area contributed by atoms with Crippen molar-refractivity contribution in [2.24, 2.45) is 0 Å². The van der Waals surface area contributed by atoms with Gasteiger partial charge in [0.25, 0.3) is 0 Å². The second-order valence-corrected chi connectivity index (χ2v) is 5.06. The molecule has 1 fully saturated rings. The zero-order valence-electron chi connectivity index (χ0n) is 10.8. The van der Waals surface area contributed by atoms with Gasteiger partial charge >= 0.3 is 0 Å². The lowest BCUT2D eigenvalue weighted by molar-refractivity contribution is 0.347. The van der Waals surface area contributed by atoms with E-state index in [9.17, 15) is 0 Å². The first-order chi connectivity index (χ1) is 8.31. The Morgan fingerprint density at radius 2 is 1.94 bits per heavy atom. The molecule has 1 N–H and O–H groups in total. The van der Waals surface area contributed by atoms with Crippen molar-refractivity contribution in [2.75, 3.05) is 0 Å². The van der Waals surface area contributed by atoms with E-state index in [0.717, 1.165) is 0 Å². The van der Waals surface area contributed by atoms with E-state index in [-0.39, 0.29) is 0 Å². The van der Waals surface area contributed by atoms with E-state index in [1.165, 1.54) is 43.2 Å². The molecule has 0 spiro atoms. The van der Waals surface area contributed by atoms with Crippen molar-refractivity contribution in [3.05, 3.63) is 42.0 Å². The van der Waals surface area contributed by atoms with Gasteiger partial charge in [-0.15, -0.1) is 0 Å². The Kier molecular flexibility index (Phi) is 4.38. The minimum absolute atomic E-state index is 0.423. The first kappa shape index (κ1) is 12.4. The molecule has 1 nitrogen and oxygen atoms in total. The van der Waals surface area contributed by atoms with Crippen molar-refractivity contribution in [3.63, 3.8) is 0 Å². The maximum Gasteiger partial charge on any atom is 0.0300 e. The molecule has 17 heavy (non-hydrogen) atoms. The number of hydrogen-bond donors (Lipinski definition) is 1. The Morgan fingerprint density at radius 1 is 1.24 bits per heavy atom. The SMILES string of the molecule is C=Cc1ccccc1C(C)NC1CCCCC1. The van der Waals surface area contributed by atoms with Crippen molar-refractivity contribution < 1.29 is 0 Å². The summed E-state index contributed by atoms with van der Waals surface area (Å²) in [6, 6.07) is 9.66. The monoisotopic (exact) mass is 229 g/mol. The van der Waals surface area contributed by atoms with Gasteiger partial charge in [0.05, 0.1) is 0 Å². The number of benzene rings is 1. The van der Waals surface area contributed by atoms with Crippen molar-refractivity contribution in [1.82, 2.24) is 5.32 Å². The average Bonchev–Trinajstić information content (AvgIpc) is 2.40. The molecule has 0 amide bonds. The largest absolute Gasteiger partial charge is 0.307 e. The molecule has 2 rings (SSSR count). The molecule has 1 aromatic carbocycles. The molecule has 0 bridgehead atoms. The van der Waals surface area contributed by atoms with Gasteiger partial charge in [-0.3, -0.25) is 0 Å². The Labute approximate surface area is 105 Å². The average molecular weight is 229 g/mol. The molecule has 0 aliphatic heterocycles. The second-order valence-electron chi connectivity index (χ2n) is 5.06. The molecular formula is C16H23N. The van der Waals surface area contributed by atoms with E-state index < -0.39 is 0 Å². The molecule has 0 saturated heterocycles. The zero-order chi connectivity index (χ0) is 12.1. The highest BCUT2D eigenvalue weighted by Gasteiger charge is 2.17. The lowest BCUT2D eigenvalue weighted by Crippen LogP contribution is -2.33. The lowest BCUT2D eigenvalue weighted by atomic mass is 9.93. The number of hydrogen-bond acceptors (Lipinski definition) is 1. The summed E-state index contributed by atoms with van der Waals surface area (Å²) in [4.78, 5) is 0. The quantitative estimate of drug-likeness (QED) is 0.811. The number of rotatable bonds is 4. The van der Waals surface area contributed by atoms with Gasteiger partial charge in [-0.1, -0.05) is 56.2 Å². The molecule has 1 atom stereocenters. The van der Waals surface area contributed by atoms with Crippen molar-refractivity contribution in [1.29, 1.82) is 0 Å². The first-order valence-electron chi connectivity index (χ1n) is 6.78. The van der Waals surface area contributed by atoms with Crippen molar-refractivity contribution >= 4 is 6.08 Å². The van der Waals surface area contributed by atoms with Gasteiger partial charge in [-0.2, -0.15) is 0 Å². The Hall–Kier alpha value is -1.08. The molecular weight excluding hydrogens is 206 g/mol. The van der Waals surface area contributed by atoms with Gasteiger partial charge in [0.2, 0.25) is 0 Å². The highest BCUT2D eigenvalue weighted by atomic mass is 14.9. The number of nitrogens with one attached hydrogen (secondary N) is 1. The van der Waals surface area contributed by atoms with Crippen LogP contribution in [0.15, 0.2) is 30.8 Å². The fraction of sp³-hybridized carbons (Fsp3) is 0.500. The van der Waals surface area contributed by atoms with E-state index in [1.54, 1.807) is 0 Å². The predicted molar refractivity (Wildman–Crippen MR) is 75.0 cm³/mol. The summed E-state index contributed by atoms with van der Waals surface area (Å²) < 4.78 is 0. The molecule has 92 valence electrons. The lowest BCUT2D eigenvalue weighted by Gasteiger charge is -2.27. The van der Waals surface area contributed by atoms with Crippen LogP contribution in [0.5, 0.6) is 0 Å². The van der Waals surface area contributed by atoms with Gasteiger partial charge < -0.3 is 5.32 Å². The van der Waals surface area contributed by atoms with Gasteiger partial charge in [0, 0.05) is 12.1 Å². The van der Waals surface area contributed by atoms with Crippen molar-refractivity contribution in [2.45, 2.75) is 51.1 Å². The zero-order valence-corrected chi connectivity index (χ0v) is 10.8. The fourth-order valence-corrected chi connectivity index (χ4v) is 2.80. The first-order valence-corrected chi connectivity index (χ1v) is 6.78. The highest BCUT2D eigenvalue weighted by Crippen LogP contribution is 2.23. The maximum atomic E-state index is 3.89. The minimum Gasteiger partial charge on any atom is -0.307 e. The molecule has 1 aliphatic rings. The van der Waals surface area contributed by atoms with E-state index >= 15 is 0 Å². The molecule has 1 saturated carbocycles. The Bertz CT molecular complexity index is 364. The van der Waals surface area contributed by atoms with E-state index in [4.69, 9.17) is 0 Å². The smallest absolute Gasteiger partial charge is 0.0300 e. The van der Waals surface area contributed by atoms with Gasteiger partial charge in [0.15, 0.2) is 0 Å². The van der Waals surface area contributed by atoms with Crippen molar-refractivity contribution in [3.8, 4) is 0 Å². The molecule has 0 aromatic heterocycles. The van der Waals surface area contributed by atoms with E-state index in [0.29, 0.717) is 12.1 Å². The molecule has 1 heteroatoms. The molecule has 1 aliphatic carbocycles. The van der Waals surface area contributed by atoms with Crippen LogP contribution in [0.25, 0.3) is 6.08 Å². The Balaban J connectivity index is 2.02. The van der Waals surface area contributed by atoms with Gasteiger partial charge in [-0.05, 0) is 30.9 Å². The van der Waals surface area contributed by atoms with Crippen LogP contribution in [0.4, 0.5) is 0 Å². The third-order valence-corrected chi connectivity index (χ3v) is 3.77. The maximum absolute atomic E-state index is 3.89. The molecule has 1 aromatic rings. The third-order valence-electron chi connectivity index (χ3n) is 3.77. The van der Waals surface area contributed by atoms with Crippen LogP contribution in [0.1, 0.15) is 56.2 Å². The minimum atomic E-state index is 0.423. The molecule has 0 radical (unpaired) electrons. The third kappa shape index (κ3) is 3.19. The second kappa shape index (κ2) is 6.02. The summed E-state index contributed by atoms with van der Waals surface area (Å²) in [7, 11) is 0. The van der Waals surface area contributed by atoms with Gasteiger partial charge in [0.1, 0.15) is 0 Å². The fourth-order valence-electron chi connectivity index (χ4n) is 2.80. The van der Waals surface area contributed by atoms with Crippen LogP contribution in [0, 0.1) is 0 Å². The standard InChI is InChI=1S/C16H23N/c1-3-14-9-7-8-12-16(14)13(2)17-15-10-5-4-6-11-15/h3,7-9,12-13,15,17H,1,4-6,10-11H2,2H3. The normalized spacial score (nSPS) is 18.9. The predicted octanol–water partition coefficient (Wildman–Crippen LogP) is 4.31. The summed E-state index contributed by atoms with van der Waals surface area (Å²) in [6.07, 6.45) is 8.80. The summed E-state index contributed by atoms with van der Waals surface area (Å²) in [6.45, 7) is 6.15. The van der Waals surface area contributed by atoms with Gasteiger partial charge in [-0.25, -0.2) is 0 Å². The van der Waals surface area contributed by atoms with E-state index in [1.807, 2.05) is 6.08 Å².